The fourth-order valence-electron chi connectivity index (χ4n) is 1.21. The van der Waals surface area contributed by atoms with E-state index in [0.717, 1.165) is 39.2 Å². The highest BCUT2D eigenvalue weighted by Gasteiger charge is 2.12. The Bertz CT molecular complexity index is 163. The van der Waals surface area contributed by atoms with Gasteiger partial charge in [0.1, 0.15) is 0 Å². The van der Waals surface area contributed by atoms with Crippen LogP contribution < -0.4 is 5.32 Å². The third-order valence-electron chi connectivity index (χ3n) is 2.74. The Balaban J connectivity index is 3.09. The molecule has 0 unspecified atom stereocenters. The minimum atomic E-state index is 0.208. The summed E-state index contributed by atoms with van der Waals surface area (Å²) >= 11 is 0. The Morgan fingerprint density at radius 2 is 1.59 bits per heavy atom. The van der Waals surface area contributed by atoms with Crippen LogP contribution in [-0.2, 0) is 14.2 Å². The number of nitrogens with one attached hydrogen (secondary N) is 1. The van der Waals surface area contributed by atoms with E-state index >= 15 is 0 Å². The highest BCUT2D eigenvalue weighted by molar-refractivity contribution is 4.74. The van der Waals surface area contributed by atoms with Crippen molar-refractivity contribution in [1.29, 1.82) is 0 Å². The van der Waals surface area contributed by atoms with E-state index < -0.39 is 0 Å². The average molecular weight is 247 g/mol. The summed E-state index contributed by atoms with van der Waals surface area (Å²) in [6, 6.07) is 0. The van der Waals surface area contributed by atoms with Gasteiger partial charge in [-0.2, -0.15) is 0 Å². The van der Waals surface area contributed by atoms with Gasteiger partial charge in [-0.05, 0) is 26.7 Å². The molecule has 4 heteroatoms. The van der Waals surface area contributed by atoms with E-state index in [4.69, 9.17) is 14.2 Å². The second-order valence-corrected chi connectivity index (χ2v) is 4.74. The first-order valence-corrected chi connectivity index (χ1v) is 6.52. The summed E-state index contributed by atoms with van der Waals surface area (Å²) in [5.41, 5.74) is 0.208. The molecule has 0 amide bonds. The lowest BCUT2D eigenvalue weighted by Gasteiger charge is -2.24. The summed E-state index contributed by atoms with van der Waals surface area (Å²) < 4.78 is 15.8. The van der Waals surface area contributed by atoms with E-state index in [1.165, 1.54) is 0 Å². The van der Waals surface area contributed by atoms with Gasteiger partial charge in [-0.1, -0.05) is 6.92 Å². The lowest BCUT2D eigenvalue weighted by atomic mass is 10.0. The van der Waals surface area contributed by atoms with Crippen LogP contribution in [0.15, 0.2) is 0 Å². The molecule has 0 spiro atoms. The third kappa shape index (κ3) is 12.1. The lowest BCUT2D eigenvalue weighted by Crippen LogP contribution is -2.40. The van der Waals surface area contributed by atoms with E-state index in [2.05, 4.69) is 26.1 Å². The predicted molar refractivity (Wildman–Crippen MR) is 70.5 cm³/mol. The van der Waals surface area contributed by atoms with Crippen molar-refractivity contribution < 1.29 is 14.2 Å². The Morgan fingerprint density at radius 3 is 2.18 bits per heavy atom. The molecule has 4 nitrogen and oxygen atoms in total. The van der Waals surface area contributed by atoms with Crippen molar-refractivity contribution in [3.05, 3.63) is 0 Å². The lowest BCUT2D eigenvalue weighted by molar-refractivity contribution is 0.0395. The van der Waals surface area contributed by atoms with E-state index in [9.17, 15) is 0 Å². The normalized spacial score (nSPS) is 12.0. The summed E-state index contributed by atoms with van der Waals surface area (Å²) in [7, 11) is 1.70. The highest BCUT2D eigenvalue weighted by atomic mass is 16.5. The zero-order chi connectivity index (χ0) is 13.0. The van der Waals surface area contributed by atoms with Crippen LogP contribution in [0.5, 0.6) is 0 Å². The first kappa shape index (κ1) is 16.8. The molecule has 0 aromatic heterocycles. The maximum absolute atomic E-state index is 5.46. The summed E-state index contributed by atoms with van der Waals surface area (Å²) in [4.78, 5) is 0. The van der Waals surface area contributed by atoms with Crippen LogP contribution in [0.2, 0.25) is 0 Å². The zero-order valence-electron chi connectivity index (χ0n) is 11.9. The Hall–Kier alpha value is -0.160. The fourth-order valence-corrected chi connectivity index (χ4v) is 1.21. The van der Waals surface area contributed by atoms with Crippen molar-refractivity contribution in [3.63, 3.8) is 0 Å². The maximum Gasteiger partial charge on any atom is 0.0701 e. The molecule has 0 saturated carbocycles. The van der Waals surface area contributed by atoms with Crippen LogP contribution in [0.4, 0.5) is 0 Å². The molecule has 0 radical (unpaired) electrons. The van der Waals surface area contributed by atoms with Crippen molar-refractivity contribution >= 4 is 0 Å². The molecule has 0 aliphatic rings. The first-order chi connectivity index (χ1) is 8.12. The Kier molecular flexibility index (Phi) is 10.9. The predicted octanol–water partition coefficient (Wildman–Crippen LogP) is 1.83. The van der Waals surface area contributed by atoms with Gasteiger partial charge in [0.25, 0.3) is 0 Å². The number of rotatable bonds is 12. The van der Waals surface area contributed by atoms with Gasteiger partial charge in [-0.15, -0.1) is 0 Å². The smallest absolute Gasteiger partial charge is 0.0701 e. The molecule has 0 aromatic rings. The third-order valence-corrected chi connectivity index (χ3v) is 2.74. The molecule has 17 heavy (non-hydrogen) atoms. The number of hydrogen-bond acceptors (Lipinski definition) is 4. The minimum absolute atomic E-state index is 0.208. The molecule has 0 bridgehead atoms. The minimum Gasteiger partial charge on any atom is -0.385 e. The van der Waals surface area contributed by atoms with Gasteiger partial charge >= 0.3 is 0 Å². The molecular formula is C13H29NO3. The number of hydrogen-bond donors (Lipinski definition) is 1. The molecule has 104 valence electrons. The van der Waals surface area contributed by atoms with Gasteiger partial charge < -0.3 is 19.5 Å². The van der Waals surface area contributed by atoms with Crippen molar-refractivity contribution in [2.75, 3.05) is 46.7 Å². The Labute approximate surface area is 106 Å². The quantitative estimate of drug-likeness (QED) is 0.534. The number of ether oxygens (including phenoxy) is 3. The van der Waals surface area contributed by atoms with Crippen LogP contribution in [0, 0.1) is 0 Å². The molecule has 0 aromatic carbocycles. The molecule has 0 rings (SSSR count). The summed E-state index contributed by atoms with van der Waals surface area (Å²) in [6.07, 6.45) is 2.07. The standard InChI is InChI=1S/C13H29NO3/c1-5-13(2,3)14-7-10-17-12-11-16-9-6-8-15-4/h14H,5-12H2,1-4H3. The molecule has 1 N–H and O–H groups in total. The van der Waals surface area contributed by atoms with Crippen LogP contribution in [-0.4, -0.2) is 52.2 Å². The average Bonchev–Trinajstić information content (AvgIpc) is 2.31. The van der Waals surface area contributed by atoms with Crippen molar-refractivity contribution in [3.8, 4) is 0 Å². The van der Waals surface area contributed by atoms with E-state index in [-0.39, 0.29) is 5.54 Å². The van der Waals surface area contributed by atoms with Crippen molar-refractivity contribution in [1.82, 2.24) is 5.32 Å². The largest absolute Gasteiger partial charge is 0.385 e. The van der Waals surface area contributed by atoms with Gasteiger partial charge in [0.05, 0.1) is 19.8 Å². The van der Waals surface area contributed by atoms with E-state index in [0.29, 0.717) is 13.2 Å². The molecule has 0 fully saturated rings. The van der Waals surface area contributed by atoms with E-state index in [1.807, 2.05) is 0 Å². The fraction of sp³-hybridized carbons (Fsp3) is 1.00. The topological polar surface area (TPSA) is 39.7 Å². The van der Waals surface area contributed by atoms with Crippen LogP contribution in [0.1, 0.15) is 33.6 Å². The van der Waals surface area contributed by atoms with Crippen LogP contribution >= 0.6 is 0 Å². The summed E-state index contributed by atoms with van der Waals surface area (Å²) in [5, 5.41) is 3.45. The highest BCUT2D eigenvalue weighted by Crippen LogP contribution is 2.05. The van der Waals surface area contributed by atoms with Gasteiger partial charge in [0.2, 0.25) is 0 Å². The van der Waals surface area contributed by atoms with Gasteiger partial charge in [0, 0.05) is 32.4 Å². The van der Waals surface area contributed by atoms with Crippen LogP contribution in [0.25, 0.3) is 0 Å². The second kappa shape index (κ2) is 11.0. The Morgan fingerprint density at radius 1 is 0.941 bits per heavy atom. The molecule has 0 aliphatic heterocycles. The molecule has 0 aliphatic carbocycles. The zero-order valence-corrected chi connectivity index (χ0v) is 11.9. The monoisotopic (exact) mass is 247 g/mol. The summed E-state index contributed by atoms with van der Waals surface area (Å²) in [5.74, 6) is 0. The van der Waals surface area contributed by atoms with Crippen molar-refractivity contribution in [2.45, 2.75) is 39.2 Å². The molecule has 0 saturated heterocycles. The van der Waals surface area contributed by atoms with Gasteiger partial charge in [-0.25, -0.2) is 0 Å². The summed E-state index contributed by atoms with van der Waals surface area (Å²) in [6.45, 7) is 11.1. The first-order valence-electron chi connectivity index (χ1n) is 6.52. The maximum atomic E-state index is 5.46. The SMILES string of the molecule is CCC(C)(C)NCCOCCOCCCOC. The van der Waals surface area contributed by atoms with E-state index in [1.54, 1.807) is 7.11 Å². The van der Waals surface area contributed by atoms with Crippen molar-refractivity contribution in [2.24, 2.45) is 0 Å². The van der Waals surface area contributed by atoms with Gasteiger partial charge in [-0.3, -0.25) is 0 Å². The van der Waals surface area contributed by atoms with Crippen LogP contribution in [0.3, 0.4) is 0 Å². The molecule has 0 heterocycles. The van der Waals surface area contributed by atoms with Gasteiger partial charge in [0.15, 0.2) is 0 Å². The molecule has 0 atom stereocenters. The number of methoxy groups -OCH3 is 1. The molecular weight excluding hydrogens is 218 g/mol. The second-order valence-electron chi connectivity index (χ2n) is 4.74.